The molecule has 2 amide bonds. The normalized spacial score (nSPS) is 27.1. The van der Waals surface area contributed by atoms with Gasteiger partial charge in [-0.1, -0.05) is 66.2 Å². The Hall–Kier alpha value is -3.60. The Labute approximate surface area is 224 Å². The molecule has 37 heavy (non-hydrogen) atoms. The number of nitrogens with zero attached hydrogens (tertiary/aromatic N) is 1. The number of hydrogen-bond acceptors (Lipinski definition) is 3. The van der Waals surface area contributed by atoms with Crippen LogP contribution in [0.4, 0.5) is 5.69 Å². The quantitative estimate of drug-likeness (QED) is 0.216. The van der Waals surface area contributed by atoms with Crippen LogP contribution in [0.1, 0.15) is 27.8 Å². The second kappa shape index (κ2) is 7.70. The minimum atomic E-state index is -1.19. The van der Waals surface area contributed by atoms with E-state index in [1.807, 2.05) is 79.7 Å². The highest BCUT2D eigenvalue weighted by Gasteiger charge is 2.73. The Bertz CT molecular complexity index is 1470. The highest BCUT2D eigenvalue weighted by molar-refractivity contribution is 6.38. The van der Waals surface area contributed by atoms with Crippen molar-refractivity contribution < 1.29 is 14.3 Å². The fourth-order valence-electron chi connectivity index (χ4n) is 6.33. The molecule has 0 spiro atoms. The molecule has 4 aromatic carbocycles. The van der Waals surface area contributed by atoms with Crippen LogP contribution in [0.15, 0.2) is 97.1 Å². The van der Waals surface area contributed by atoms with Crippen LogP contribution in [0.2, 0.25) is 0 Å². The van der Waals surface area contributed by atoms with E-state index in [2.05, 4.69) is 0 Å². The van der Waals surface area contributed by atoms with E-state index in [0.29, 0.717) is 17.2 Å². The van der Waals surface area contributed by atoms with E-state index in [4.69, 9.17) is 27.9 Å². The molecule has 8 rings (SSSR count). The largest absolute Gasteiger partial charge is 0.457 e. The van der Waals surface area contributed by atoms with Crippen molar-refractivity contribution in [3.05, 3.63) is 125 Å². The van der Waals surface area contributed by atoms with Gasteiger partial charge in [-0.3, -0.25) is 9.59 Å². The van der Waals surface area contributed by atoms with Crippen molar-refractivity contribution in [3.63, 3.8) is 0 Å². The first-order chi connectivity index (χ1) is 17.8. The van der Waals surface area contributed by atoms with Crippen LogP contribution < -0.4 is 9.64 Å². The molecule has 2 atom stereocenters. The van der Waals surface area contributed by atoms with Crippen molar-refractivity contribution in [2.24, 2.45) is 11.8 Å². The summed E-state index contributed by atoms with van der Waals surface area (Å²) < 4.78 is 5.93. The number of alkyl halides is 2. The molecule has 4 nitrogen and oxygen atoms in total. The molecule has 1 heterocycles. The van der Waals surface area contributed by atoms with Gasteiger partial charge in [0.1, 0.15) is 21.2 Å². The number of hydrogen-bond donors (Lipinski definition) is 0. The second-order valence-corrected chi connectivity index (χ2v) is 11.1. The maximum atomic E-state index is 14.0. The number of rotatable bonds is 3. The molecule has 4 aliphatic rings. The third-order valence-corrected chi connectivity index (χ3v) is 9.22. The molecule has 0 N–H and O–H groups in total. The third kappa shape index (κ3) is 2.86. The highest BCUT2D eigenvalue weighted by Crippen LogP contribution is 2.69. The fraction of sp³-hybridized carbons (Fsp3) is 0.161. The Morgan fingerprint density at radius 2 is 1.00 bits per heavy atom. The third-order valence-electron chi connectivity index (χ3n) is 7.94. The predicted molar refractivity (Wildman–Crippen MR) is 143 cm³/mol. The Kier molecular flexibility index (Phi) is 4.70. The highest BCUT2D eigenvalue weighted by atomic mass is 35.5. The van der Waals surface area contributed by atoms with Crippen LogP contribution in [0.25, 0.3) is 0 Å². The Morgan fingerprint density at radius 1 is 0.622 bits per heavy atom. The van der Waals surface area contributed by atoms with Crippen LogP contribution in [-0.4, -0.2) is 11.8 Å². The molecule has 6 heteroatoms. The first kappa shape index (κ1) is 22.6. The summed E-state index contributed by atoms with van der Waals surface area (Å²) in [6, 6.07) is 30.0. The molecule has 4 aromatic rings. The summed E-state index contributed by atoms with van der Waals surface area (Å²) in [6.07, 6.45) is 0. The maximum absolute atomic E-state index is 14.0. The van der Waals surface area contributed by atoms with Crippen molar-refractivity contribution in [2.75, 3.05) is 4.90 Å². The number of carbonyl (C=O) groups is 2. The van der Waals surface area contributed by atoms with Gasteiger partial charge < -0.3 is 4.74 Å². The number of imide groups is 1. The van der Waals surface area contributed by atoms with Crippen LogP contribution >= 0.6 is 23.2 Å². The SMILES string of the molecule is Cc1ccc(Oc2ccc(N3C(=O)[C@H]4[C@H](C3=O)C3(Cl)c5ccccc5C4(Cl)c4ccccc43)cc2)cc1. The van der Waals surface area contributed by atoms with Crippen molar-refractivity contribution in [1.29, 1.82) is 0 Å². The molecule has 1 fully saturated rings. The van der Waals surface area contributed by atoms with Gasteiger partial charge in [-0.2, -0.15) is 0 Å². The lowest BCUT2D eigenvalue weighted by Gasteiger charge is -2.54. The standard InChI is InChI=1S/C31H21Cl2NO3/c1-18-10-14-20(15-11-18)37-21-16-12-19(13-17-21)34-28(35)26-27(29(34)36)31(33)23-7-3-2-6-22(23)30(26,32)24-8-4-5-9-25(24)31/h2-17,26-27H,1H3/t26-,27-,30?,31?/m1/s1. The number of carbonyl (C=O) groups excluding carboxylic acids is 2. The topological polar surface area (TPSA) is 46.6 Å². The van der Waals surface area contributed by atoms with Crippen molar-refractivity contribution in [2.45, 2.75) is 16.7 Å². The van der Waals surface area contributed by atoms with Gasteiger partial charge in [-0.05, 0) is 65.6 Å². The lowest BCUT2D eigenvalue weighted by molar-refractivity contribution is -0.122. The molecule has 182 valence electrons. The molecule has 1 aliphatic heterocycles. The Morgan fingerprint density at radius 3 is 1.41 bits per heavy atom. The van der Waals surface area contributed by atoms with E-state index in [0.717, 1.165) is 27.8 Å². The number of halogens is 2. The molecule has 0 radical (unpaired) electrons. The van der Waals surface area contributed by atoms with E-state index in [1.54, 1.807) is 24.3 Å². The zero-order valence-electron chi connectivity index (χ0n) is 19.8. The van der Waals surface area contributed by atoms with E-state index in [9.17, 15) is 9.59 Å². The van der Waals surface area contributed by atoms with Gasteiger partial charge in [0.15, 0.2) is 0 Å². The second-order valence-electron chi connectivity index (χ2n) is 9.89. The number of benzene rings is 4. The van der Waals surface area contributed by atoms with E-state index >= 15 is 0 Å². The Balaban J connectivity index is 1.31. The van der Waals surface area contributed by atoms with Crippen molar-refractivity contribution >= 4 is 40.7 Å². The van der Waals surface area contributed by atoms with Gasteiger partial charge in [0, 0.05) is 0 Å². The summed E-state index contributed by atoms with van der Waals surface area (Å²) in [5.74, 6) is -1.03. The van der Waals surface area contributed by atoms with Crippen LogP contribution in [0, 0.1) is 18.8 Å². The van der Waals surface area contributed by atoms with E-state index in [-0.39, 0.29) is 11.8 Å². The van der Waals surface area contributed by atoms with Crippen LogP contribution in [0.5, 0.6) is 11.5 Å². The number of aryl methyl sites for hydroxylation is 1. The predicted octanol–water partition coefficient (Wildman–Crippen LogP) is 6.88. The van der Waals surface area contributed by atoms with Gasteiger partial charge in [0.05, 0.1) is 17.5 Å². The van der Waals surface area contributed by atoms with Gasteiger partial charge in [-0.15, -0.1) is 23.2 Å². The minimum Gasteiger partial charge on any atom is -0.457 e. The van der Waals surface area contributed by atoms with Gasteiger partial charge in [-0.25, -0.2) is 4.90 Å². The monoisotopic (exact) mass is 525 g/mol. The summed E-state index contributed by atoms with van der Waals surface area (Å²) in [5, 5.41) is 0. The molecular weight excluding hydrogens is 505 g/mol. The molecule has 2 bridgehead atoms. The van der Waals surface area contributed by atoms with E-state index < -0.39 is 21.6 Å². The molecule has 0 saturated carbocycles. The average molecular weight is 526 g/mol. The average Bonchev–Trinajstić information content (AvgIpc) is 3.20. The van der Waals surface area contributed by atoms with Crippen molar-refractivity contribution in [3.8, 4) is 11.5 Å². The summed E-state index contributed by atoms with van der Waals surface area (Å²) in [5.41, 5.74) is 4.76. The first-order valence-electron chi connectivity index (χ1n) is 12.2. The zero-order valence-corrected chi connectivity index (χ0v) is 21.3. The lowest BCUT2D eigenvalue weighted by Crippen LogP contribution is -2.57. The molecule has 0 unspecified atom stereocenters. The first-order valence-corrected chi connectivity index (χ1v) is 12.9. The minimum absolute atomic E-state index is 0.341. The fourth-order valence-corrected chi connectivity index (χ4v) is 7.43. The van der Waals surface area contributed by atoms with Gasteiger partial charge >= 0.3 is 0 Å². The van der Waals surface area contributed by atoms with Crippen LogP contribution in [0.3, 0.4) is 0 Å². The number of amides is 2. The molecule has 0 aromatic heterocycles. The van der Waals surface area contributed by atoms with E-state index in [1.165, 1.54) is 4.90 Å². The number of ether oxygens (including phenoxy) is 1. The van der Waals surface area contributed by atoms with Crippen molar-refractivity contribution in [1.82, 2.24) is 0 Å². The summed E-state index contributed by atoms with van der Waals surface area (Å²) in [4.78, 5) is 27.0. The molecule has 3 aliphatic carbocycles. The molecule has 1 saturated heterocycles. The molecular formula is C31H21Cl2NO3. The number of anilines is 1. The smallest absolute Gasteiger partial charge is 0.240 e. The maximum Gasteiger partial charge on any atom is 0.240 e. The summed E-state index contributed by atoms with van der Waals surface area (Å²) in [6.45, 7) is 2.01. The summed E-state index contributed by atoms with van der Waals surface area (Å²) >= 11 is 15.0. The lowest BCUT2D eigenvalue weighted by atomic mass is 9.54. The summed E-state index contributed by atoms with van der Waals surface area (Å²) in [7, 11) is 0. The van der Waals surface area contributed by atoms with Gasteiger partial charge in [0.2, 0.25) is 11.8 Å². The van der Waals surface area contributed by atoms with Gasteiger partial charge in [0.25, 0.3) is 0 Å². The van der Waals surface area contributed by atoms with Crippen LogP contribution in [-0.2, 0) is 19.3 Å². The zero-order chi connectivity index (χ0) is 25.5.